The van der Waals surface area contributed by atoms with E-state index in [1.54, 1.807) is 0 Å². The van der Waals surface area contributed by atoms with E-state index in [9.17, 15) is 0 Å². The van der Waals surface area contributed by atoms with E-state index >= 15 is 0 Å². The van der Waals surface area contributed by atoms with Gasteiger partial charge in [-0.15, -0.1) is 0 Å². The molecule has 0 aromatic carbocycles. The molecule has 102 valence electrons. The van der Waals surface area contributed by atoms with Crippen molar-refractivity contribution in [2.45, 2.75) is 26.3 Å². The Labute approximate surface area is 110 Å². The van der Waals surface area contributed by atoms with Crippen LogP contribution in [0.5, 0.6) is 0 Å². The first-order valence-corrected chi connectivity index (χ1v) is 7.03. The third-order valence-electron chi connectivity index (χ3n) is 3.88. The summed E-state index contributed by atoms with van der Waals surface area (Å²) in [6.45, 7) is 10.5. The fourth-order valence-corrected chi connectivity index (χ4v) is 2.60. The summed E-state index contributed by atoms with van der Waals surface area (Å²) < 4.78 is 5.86. The maximum absolute atomic E-state index is 5.94. The molecule has 1 aromatic rings. The number of nitrogens with zero attached hydrogens (tertiary/aromatic N) is 2. The topological polar surface area (TPSA) is 45.6 Å². The summed E-state index contributed by atoms with van der Waals surface area (Å²) in [6.07, 6.45) is 0.945. The van der Waals surface area contributed by atoms with Crippen LogP contribution in [0.3, 0.4) is 0 Å². The number of piperazine rings is 1. The average molecular weight is 251 g/mol. The van der Waals surface area contributed by atoms with Gasteiger partial charge in [-0.25, -0.2) is 0 Å². The van der Waals surface area contributed by atoms with Crippen molar-refractivity contribution < 1.29 is 4.42 Å². The molecule has 0 aliphatic carbocycles. The molecule has 0 radical (unpaired) electrons. The van der Waals surface area contributed by atoms with Crippen LogP contribution in [0.4, 0.5) is 0 Å². The highest BCUT2D eigenvalue weighted by Crippen LogP contribution is 2.23. The molecule has 2 rings (SSSR count). The molecule has 18 heavy (non-hydrogen) atoms. The lowest BCUT2D eigenvalue weighted by Gasteiger charge is -2.37. The summed E-state index contributed by atoms with van der Waals surface area (Å²) in [6, 6.07) is 4.40. The maximum atomic E-state index is 5.94. The highest BCUT2D eigenvalue weighted by molar-refractivity contribution is 5.11. The summed E-state index contributed by atoms with van der Waals surface area (Å²) in [7, 11) is 0. The highest BCUT2D eigenvalue weighted by Gasteiger charge is 2.25. The lowest BCUT2D eigenvalue weighted by atomic mass is 10.1. The Kier molecular flexibility index (Phi) is 4.80. The molecule has 4 heteroatoms. The van der Waals surface area contributed by atoms with Crippen LogP contribution in [-0.2, 0) is 6.42 Å². The van der Waals surface area contributed by atoms with Crippen molar-refractivity contribution in [3.8, 4) is 0 Å². The molecule has 2 heterocycles. The van der Waals surface area contributed by atoms with Crippen LogP contribution in [0.15, 0.2) is 16.5 Å². The standard InChI is InChI=1S/C14H25N3O/c1-3-12-5-6-14(18-12)13(11-15)17-9-7-16(4-2)8-10-17/h5-6,13H,3-4,7-11,15H2,1-2H3. The van der Waals surface area contributed by atoms with E-state index < -0.39 is 0 Å². The van der Waals surface area contributed by atoms with Crippen LogP contribution in [0, 0.1) is 0 Å². The van der Waals surface area contributed by atoms with E-state index in [1.807, 2.05) is 0 Å². The van der Waals surface area contributed by atoms with E-state index in [0.29, 0.717) is 6.54 Å². The molecule has 1 unspecified atom stereocenters. The molecular formula is C14H25N3O. The molecule has 1 aromatic heterocycles. The van der Waals surface area contributed by atoms with Crippen molar-refractivity contribution in [2.24, 2.45) is 5.73 Å². The van der Waals surface area contributed by atoms with Crippen molar-refractivity contribution >= 4 is 0 Å². The third kappa shape index (κ3) is 2.94. The number of hydrogen-bond donors (Lipinski definition) is 1. The molecular weight excluding hydrogens is 226 g/mol. The molecule has 0 bridgehead atoms. The summed E-state index contributed by atoms with van der Waals surface area (Å²) in [4.78, 5) is 4.92. The van der Waals surface area contributed by atoms with Crippen molar-refractivity contribution in [2.75, 3.05) is 39.3 Å². The number of likely N-dealkylation sites (N-methyl/N-ethyl adjacent to an activating group) is 1. The minimum Gasteiger partial charge on any atom is -0.464 e. The monoisotopic (exact) mass is 251 g/mol. The van der Waals surface area contributed by atoms with Gasteiger partial charge in [0.25, 0.3) is 0 Å². The van der Waals surface area contributed by atoms with Crippen LogP contribution in [0.25, 0.3) is 0 Å². The molecule has 4 nitrogen and oxygen atoms in total. The molecule has 2 N–H and O–H groups in total. The van der Waals surface area contributed by atoms with Gasteiger partial charge < -0.3 is 15.1 Å². The number of aryl methyl sites for hydroxylation is 1. The van der Waals surface area contributed by atoms with Crippen molar-refractivity contribution in [3.05, 3.63) is 23.7 Å². The van der Waals surface area contributed by atoms with Crippen LogP contribution >= 0.6 is 0 Å². The number of nitrogens with two attached hydrogens (primary N) is 1. The van der Waals surface area contributed by atoms with Gasteiger partial charge in [-0.1, -0.05) is 13.8 Å². The van der Waals surface area contributed by atoms with Crippen molar-refractivity contribution in [3.63, 3.8) is 0 Å². The van der Waals surface area contributed by atoms with Gasteiger partial charge >= 0.3 is 0 Å². The normalized spacial score (nSPS) is 20.2. The fraction of sp³-hybridized carbons (Fsp3) is 0.714. The molecule has 0 saturated carbocycles. The second-order valence-electron chi connectivity index (χ2n) is 4.88. The Morgan fingerprint density at radius 2 is 1.94 bits per heavy atom. The first-order chi connectivity index (χ1) is 8.78. The zero-order valence-corrected chi connectivity index (χ0v) is 11.6. The van der Waals surface area contributed by atoms with Gasteiger partial charge in [0.15, 0.2) is 0 Å². The lowest BCUT2D eigenvalue weighted by molar-refractivity contribution is 0.0921. The number of furan rings is 1. The quantitative estimate of drug-likeness (QED) is 0.861. The minimum absolute atomic E-state index is 0.240. The minimum atomic E-state index is 0.240. The Hall–Kier alpha value is -0.840. The highest BCUT2D eigenvalue weighted by atomic mass is 16.3. The summed E-state index contributed by atoms with van der Waals surface area (Å²) in [5.74, 6) is 2.08. The largest absolute Gasteiger partial charge is 0.464 e. The first kappa shape index (κ1) is 13.6. The maximum Gasteiger partial charge on any atom is 0.122 e. The Balaban J connectivity index is 2.00. The van der Waals surface area contributed by atoms with Gasteiger partial charge in [0.1, 0.15) is 11.5 Å². The van der Waals surface area contributed by atoms with Crippen molar-refractivity contribution in [1.29, 1.82) is 0 Å². The SMILES string of the molecule is CCc1ccc(C(CN)N2CCN(CC)CC2)o1. The molecule has 1 fully saturated rings. The molecule has 1 saturated heterocycles. The second kappa shape index (κ2) is 6.36. The van der Waals surface area contributed by atoms with E-state index in [0.717, 1.165) is 50.7 Å². The van der Waals surface area contributed by atoms with Gasteiger partial charge in [-0.2, -0.15) is 0 Å². The van der Waals surface area contributed by atoms with Gasteiger partial charge in [0.2, 0.25) is 0 Å². The van der Waals surface area contributed by atoms with Gasteiger partial charge in [-0.3, -0.25) is 4.90 Å². The van der Waals surface area contributed by atoms with Gasteiger partial charge in [0.05, 0.1) is 6.04 Å². The van der Waals surface area contributed by atoms with E-state index in [2.05, 4.69) is 35.8 Å². The lowest BCUT2D eigenvalue weighted by Crippen LogP contribution is -2.48. The van der Waals surface area contributed by atoms with Gasteiger partial charge in [0, 0.05) is 39.1 Å². The predicted molar refractivity (Wildman–Crippen MR) is 73.6 cm³/mol. The smallest absolute Gasteiger partial charge is 0.122 e. The molecule has 0 spiro atoms. The Morgan fingerprint density at radius 3 is 2.44 bits per heavy atom. The summed E-state index contributed by atoms with van der Waals surface area (Å²) in [5.41, 5.74) is 5.94. The zero-order chi connectivity index (χ0) is 13.0. The van der Waals surface area contributed by atoms with E-state index in [-0.39, 0.29) is 6.04 Å². The third-order valence-corrected chi connectivity index (χ3v) is 3.88. The van der Waals surface area contributed by atoms with Crippen LogP contribution < -0.4 is 5.73 Å². The van der Waals surface area contributed by atoms with Gasteiger partial charge in [-0.05, 0) is 18.7 Å². The molecule has 1 aliphatic heterocycles. The molecule has 1 aliphatic rings. The van der Waals surface area contributed by atoms with Crippen LogP contribution in [0.2, 0.25) is 0 Å². The zero-order valence-electron chi connectivity index (χ0n) is 11.6. The molecule has 1 atom stereocenters. The number of rotatable bonds is 5. The van der Waals surface area contributed by atoms with Crippen LogP contribution in [0.1, 0.15) is 31.4 Å². The summed E-state index contributed by atoms with van der Waals surface area (Å²) in [5, 5.41) is 0. The fourth-order valence-electron chi connectivity index (χ4n) is 2.60. The van der Waals surface area contributed by atoms with E-state index in [4.69, 9.17) is 10.2 Å². The van der Waals surface area contributed by atoms with Crippen LogP contribution in [-0.4, -0.2) is 49.1 Å². The average Bonchev–Trinajstić information content (AvgIpc) is 2.89. The van der Waals surface area contributed by atoms with Crippen molar-refractivity contribution in [1.82, 2.24) is 9.80 Å². The predicted octanol–water partition coefficient (Wildman–Crippen LogP) is 1.48. The second-order valence-corrected chi connectivity index (χ2v) is 4.88. The Morgan fingerprint density at radius 1 is 1.22 bits per heavy atom. The molecule has 0 amide bonds. The Bertz CT molecular complexity index is 356. The first-order valence-electron chi connectivity index (χ1n) is 7.03. The van der Waals surface area contributed by atoms with E-state index in [1.165, 1.54) is 0 Å². The summed E-state index contributed by atoms with van der Waals surface area (Å²) >= 11 is 0. The number of hydrogen-bond acceptors (Lipinski definition) is 4.